The van der Waals surface area contributed by atoms with Crippen LogP contribution in [0.1, 0.15) is 31.2 Å². The highest BCUT2D eigenvalue weighted by atomic mass is 35.5. The number of hydrogen-bond donors (Lipinski definition) is 3. The highest BCUT2D eigenvalue weighted by Crippen LogP contribution is 2.39. The number of hydrogen-bond acceptors (Lipinski definition) is 5. The van der Waals surface area contributed by atoms with Gasteiger partial charge >= 0.3 is 0 Å². The molecule has 3 aromatic carbocycles. The lowest BCUT2D eigenvalue weighted by molar-refractivity contribution is 0.102. The molecule has 0 aliphatic carbocycles. The van der Waals surface area contributed by atoms with E-state index in [2.05, 4.69) is 10.6 Å². The molecule has 7 heteroatoms. The number of para-hydroxylation sites is 1. The van der Waals surface area contributed by atoms with Crippen LogP contribution in [0, 0.1) is 6.92 Å². The van der Waals surface area contributed by atoms with Crippen LogP contribution < -0.4 is 16.4 Å². The van der Waals surface area contributed by atoms with Crippen molar-refractivity contribution < 1.29 is 9.59 Å². The number of halogens is 1. The number of carbonyl (C=O) groups is 2. The molecule has 0 unspecified atom stereocenters. The van der Waals surface area contributed by atoms with E-state index in [4.69, 9.17) is 17.3 Å². The van der Waals surface area contributed by atoms with Crippen LogP contribution in [-0.4, -0.2) is 11.7 Å². The Morgan fingerprint density at radius 1 is 0.875 bits per heavy atom. The molecule has 0 saturated heterocycles. The van der Waals surface area contributed by atoms with E-state index in [1.165, 1.54) is 0 Å². The number of nitrogens with two attached hydrogens (primary N) is 1. The summed E-state index contributed by atoms with van der Waals surface area (Å²) >= 11 is 7.10. The fourth-order valence-corrected chi connectivity index (χ4v) is 4.37. The third-order valence-corrected chi connectivity index (χ3v) is 6.20. The summed E-state index contributed by atoms with van der Waals surface area (Å²) in [7, 11) is 0. The minimum atomic E-state index is -0.414. The molecule has 4 N–H and O–H groups in total. The summed E-state index contributed by atoms with van der Waals surface area (Å²) in [5.74, 6) is -0.642. The molecule has 0 fully saturated rings. The van der Waals surface area contributed by atoms with Crippen LogP contribution in [0.4, 0.5) is 22.1 Å². The molecule has 0 spiro atoms. The van der Waals surface area contributed by atoms with E-state index < -0.39 is 5.91 Å². The Morgan fingerprint density at radius 3 is 2.19 bits per heavy atom. The Labute approximate surface area is 194 Å². The summed E-state index contributed by atoms with van der Waals surface area (Å²) in [5, 5.41) is 7.12. The number of rotatable bonds is 6. The van der Waals surface area contributed by atoms with Crippen molar-refractivity contribution in [3.05, 3.63) is 105 Å². The summed E-state index contributed by atoms with van der Waals surface area (Å²) in [6.07, 6.45) is 0. The summed E-state index contributed by atoms with van der Waals surface area (Å²) in [4.78, 5) is 26.7. The smallest absolute Gasteiger partial charge is 0.260 e. The van der Waals surface area contributed by atoms with Gasteiger partial charge in [-0.3, -0.25) is 9.59 Å². The molecular formula is C25H20ClN3O2S. The lowest BCUT2D eigenvalue weighted by Gasteiger charge is -2.09. The van der Waals surface area contributed by atoms with Crippen molar-refractivity contribution >= 4 is 56.7 Å². The highest BCUT2D eigenvalue weighted by Gasteiger charge is 2.26. The standard InChI is InChI=1S/C25H20ClN3O2S/c1-15-7-9-16(10-8-15)22(30)23-21(27)20(24(31)28-19-13-11-17(26)12-14-19)25(32-23)29-18-5-3-2-4-6-18/h2-14,29H,27H2,1H3,(H,28,31). The second-order valence-corrected chi connectivity index (χ2v) is 8.65. The molecular weight excluding hydrogens is 442 g/mol. The molecule has 0 atom stereocenters. The van der Waals surface area contributed by atoms with E-state index in [0.29, 0.717) is 26.2 Å². The summed E-state index contributed by atoms with van der Waals surface area (Å²) < 4.78 is 0. The normalized spacial score (nSPS) is 10.6. The van der Waals surface area contributed by atoms with Crippen molar-refractivity contribution in [2.45, 2.75) is 6.92 Å². The van der Waals surface area contributed by atoms with Gasteiger partial charge in [0.05, 0.1) is 11.3 Å². The lowest BCUT2D eigenvalue weighted by atomic mass is 10.1. The summed E-state index contributed by atoms with van der Waals surface area (Å²) in [6, 6.07) is 23.4. The molecule has 160 valence electrons. The molecule has 0 radical (unpaired) electrons. The number of nitrogen functional groups attached to an aromatic ring is 1. The zero-order chi connectivity index (χ0) is 22.7. The second-order valence-electron chi connectivity index (χ2n) is 7.20. The van der Waals surface area contributed by atoms with Gasteiger partial charge in [0.15, 0.2) is 0 Å². The molecule has 0 aliphatic heterocycles. The largest absolute Gasteiger partial charge is 0.397 e. The van der Waals surface area contributed by atoms with Crippen LogP contribution in [0.15, 0.2) is 78.9 Å². The van der Waals surface area contributed by atoms with Crippen molar-refractivity contribution in [1.82, 2.24) is 0 Å². The molecule has 0 saturated carbocycles. The zero-order valence-electron chi connectivity index (χ0n) is 17.2. The number of amides is 1. The van der Waals surface area contributed by atoms with Gasteiger partial charge < -0.3 is 16.4 Å². The Bertz CT molecular complexity index is 1270. The molecule has 0 bridgehead atoms. The monoisotopic (exact) mass is 461 g/mol. The van der Waals surface area contributed by atoms with E-state index >= 15 is 0 Å². The Morgan fingerprint density at radius 2 is 1.53 bits per heavy atom. The Kier molecular flexibility index (Phi) is 6.25. The first-order chi connectivity index (χ1) is 15.4. The summed E-state index contributed by atoms with van der Waals surface area (Å²) in [5.41, 5.74) is 9.66. The van der Waals surface area contributed by atoms with Crippen molar-refractivity contribution in [3.8, 4) is 0 Å². The quantitative estimate of drug-likeness (QED) is 0.285. The van der Waals surface area contributed by atoms with E-state index in [1.54, 1.807) is 36.4 Å². The van der Waals surface area contributed by atoms with Crippen molar-refractivity contribution in [3.63, 3.8) is 0 Å². The highest BCUT2D eigenvalue weighted by molar-refractivity contribution is 7.19. The van der Waals surface area contributed by atoms with Gasteiger partial charge in [0, 0.05) is 22.0 Å². The van der Waals surface area contributed by atoms with Crippen LogP contribution in [0.5, 0.6) is 0 Å². The van der Waals surface area contributed by atoms with Gasteiger partial charge in [0.1, 0.15) is 9.88 Å². The SMILES string of the molecule is Cc1ccc(C(=O)c2sc(Nc3ccccc3)c(C(=O)Nc3ccc(Cl)cc3)c2N)cc1. The van der Waals surface area contributed by atoms with E-state index in [0.717, 1.165) is 22.6 Å². The number of aryl methyl sites for hydroxylation is 1. The molecule has 5 nitrogen and oxygen atoms in total. The van der Waals surface area contributed by atoms with E-state index in [9.17, 15) is 9.59 Å². The molecule has 1 heterocycles. The second kappa shape index (κ2) is 9.26. The first-order valence-corrected chi connectivity index (χ1v) is 11.0. The van der Waals surface area contributed by atoms with Gasteiger partial charge in [0.25, 0.3) is 5.91 Å². The molecule has 1 aromatic heterocycles. The molecule has 32 heavy (non-hydrogen) atoms. The van der Waals surface area contributed by atoms with Gasteiger partial charge in [-0.05, 0) is 43.3 Å². The number of ketones is 1. The molecule has 1 amide bonds. The van der Waals surface area contributed by atoms with Gasteiger partial charge in [0.2, 0.25) is 5.78 Å². The predicted octanol–water partition coefficient (Wildman–Crippen LogP) is 6.52. The average Bonchev–Trinajstić information content (AvgIpc) is 3.11. The molecule has 4 rings (SSSR count). The van der Waals surface area contributed by atoms with Gasteiger partial charge in [-0.15, -0.1) is 11.3 Å². The van der Waals surface area contributed by atoms with Crippen LogP contribution in [0.25, 0.3) is 0 Å². The first-order valence-electron chi connectivity index (χ1n) is 9.85. The zero-order valence-corrected chi connectivity index (χ0v) is 18.8. The molecule has 4 aromatic rings. The minimum absolute atomic E-state index is 0.144. The average molecular weight is 462 g/mol. The van der Waals surface area contributed by atoms with Crippen LogP contribution >= 0.6 is 22.9 Å². The third-order valence-electron chi connectivity index (χ3n) is 4.83. The third kappa shape index (κ3) is 4.66. The number of thiophene rings is 1. The van der Waals surface area contributed by atoms with Gasteiger partial charge in [-0.25, -0.2) is 0 Å². The Balaban J connectivity index is 1.73. The first kappa shape index (κ1) is 21.6. The molecule has 0 aliphatic rings. The number of benzene rings is 3. The maximum absolute atomic E-state index is 13.2. The topological polar surface area (TPSA) is 84.2 Å². The van der Waals surface area contributed by atoms with Gasteiger partial charge in [-0.1, -0.05) is 59.6 Å². The fraction of sp³-hybridized carbons (Fsp3) is 0.0400. The van der Waals surface area contributed by atoms with Crippen molar-refractivity contribution in [1.29, 1.82) is 0 Å². The van der Waals surface area contributed by atoms with Crippen molar-refractivity contribution in [2.24, 2.45) is 0 Å². The fourth-order valence-electron chi connectivity index (χ4n) is 3.14. The minimum Gasteiger partial charge on any atom is -0.397 e. The number of carbonyl (C=O) groups excluding carboxylic acids is 2. The maximum atomic E-state index is 13.2. The summed E-state index contributed by atoms with van der Waals surface area (Å²) in [6.45, 7) is 1.95. The van der Waals surface area contributed by atoms with Crippen LogP contribution in [0.2, 0.25) is 5.02 Å². The van der Waals surface area contributed by atoms with E-state index in [1.807, 2.05) is 49.4 Å². The number of anilines is 4. The van der Waals surface area contributed by atoms with Crippen LogP contribution in [0.3, 0.4) is 0 Å². The van der Waals surface area contributed by atoms with Crippen LogP contribution in [-0.2, 0) is 0 Å². The van der Waals surface area contributed by atoms with Gasteiger partial charge in [-0.2, -0.15) is 0 Å². The maximum Gasteiger partial charge on any atom is 0.260 e. The Hall–Kier alpha value is -3.61. The van der Waals surface area contributed by atoms with E-state index in [-0.39, 0.29) is 17.0 Å². The number of nitrogens with one attached hydrogen (secondary N) is 2. The predicted molar refractivity (Wildman–Crippen MR) is 132 cm³/mol. The van der Waals surface area contributed by atoms with Crippen molar-refractivity contribution in [2.75, 3.05) is 16.4 Å². The lowest BCUT2D eigenvalue weighted by Crippen LogP contribution is -2.15.